The zero-order valence-corrected chi connectivity index (χ0v) is 16.8. The summed E-state index contributed by atoms with van der Waals surface area (Å²) in [4.78, 5) is 22.3. The third-order valence-corrected chi connectivity index (χ3v) is 5.21. The fraction of sp³-hybridized carbons (Fsp3) is 0.125. The van der Waals surface area contributed by atoms with E-state index in [-0.39, 0.29) is 30.3 Å². The predicted octanol–water partition coefficient (Wildman–Crippen LogP) is 4.21. The summed E-state index contributed by atoms with van der Waals surface area (Å²) in [6.45, 7) is 0.0662. The van der Waals surface area contributed by atoms with Crippen molar-refractivity contribution in [1.82, 2.24) is 5.32 Å². The standard InChI is InChI=1S/C24H18FN3O4/c25-16-12-15(23(26)22(13-16)28(30)31)6-5-11-27-24(29)32-14-21-19-9-3-1-7-17(19)18-8-2-4-10-20(18)21/h1-4,7-10,12-13,21H,11,14,26H2,(H,27,29). The summed E-state index contributed by atoms with van der Waals surface area (Å²) in [5.74, 6) is 4.25. The molecular formula is C24H18FN3O4. The van der Waals surface area contributed by atoms with Gasteiger partial charge in [0.25, 0.3) is 5.69 Å². The summed E-state index contributed by atoms with van der Waals surface area (Å²) in [7, 11) is 0. The molecule has 4 rings (SSSR count). The molecule has 1 aliphatic rings. The first-order valence-corrected chi connectivity index (χ1v) is 9.77. The van der Waals surface area contributed by atoms with Crippen molar-refractivity contribution >= 4 is 17.5 Å². The highest BCUT2D eigenvalue weighted by atomic mass is 19.1. The van der Waals surface area contributed by atoms with Crippen molar-refractivity contribution in [3.05, 3.63) is 93.3 Å². The molecule has 0 fully saturated rings. The van der Waals surface area contributed by atoms with E-state index in [4.69, 9.17) is 10.5 Å². The summed E-state index contributed by atoms with van der Waals surface area (Å²) >= 11 is 0. The van der Waals surface area contributed by atoms with Crippen LogP contribution in [0.3, 0.4) is 0 Å². The van der Waals surface area contributed by atoms with E-state index in [1.807, 2.05) is 48.5 Å². The van der Waals surface area contributed by atoms with Crippen LogP contribution in [0.15, 0.2) is 60.7 Å². The summed E-state index contributed by atoms with van der Waals surface area (Å²) in [6, 6.07) is 17.7. The van der Waals surface area contributed by atoms with Crippen LogP contribution >= 0.6 is 0 Å². The second-order valence-electron chi connectivity index (χ2n) is 7.12. The van der Waals surface area contributed by atoms with E-state index < -0.39 is 22.5 Å². The van der Waals surface area contributed by atoms with E-state index >= 15 is 0 Å². The van der Waals surface area contributed by atoms with Crippen LogP contribution in [0.1, 0.15) is 22.6 Å². The zero-order valence-electron chi connectivity index (χ0n) is 16.8. The molecule has 3 aromatic carbocycles. The molecule has 0 bridgehead atoms. The number of nitro benzene ring substituents is 1. The number of ether oxygens (including phenoxy) is 1. The monoisotopic (exact) mass is 431 g/mol. The summed E-state index contributed by atoms with van der Waals surface area (Å²) in [6.07, 6.45) is -0.653. The van der Waals surface area contributed by atoms with Crippen molar-refractivity contribution in [2.45, 2.75) is 5.92 Å². The molecule has 0 heterocycles. The SMILES string of the molecule is Nc1c(C#CCNC(=O)OCC2c3ccccc3-c3ccccc32)cc(F)cc1[N+](=O)[O-]. The molecule has 0 unspecified atom stereocenters. The number of nitrogens with zero attached hydrogens (tertiary/aromatic N) is 1. The van der Waals surface area contributed by atoms with Gasteiger partial charge in [-0.3, -0.25) is 10.1 Å². The molecule has 7 nitrogen and oxygen atoms in total. The second-order valence-corrected chi connectivity index (χ2v) is 7.12. The smallest absolute Gasteiger partial charge is 0.407 e. The lowest BCUT2D eigenvalue weighted by Crippen LogP contribution is -2.26. The molecule has 1 amide bonds. The fourth-order valence-electron chi connectivity index (χ4n) is 3.76. The number of nitrogens with one attached hydrogen (secondary N) is 1. The van der Waals surface area contributed by atoms with Crippen LogP contribution in [0.25, 0.3) is 11.1 Å². The van der Waals surface area contributed by atoms with Crippen LogP contribution in [-0.4, -0.2) is 24.2 Å². The Kier molecular flexibility index (Phi) is 5.73. The number of alkyl carbamates (subject to hydrolysis) is 1. The van der Waals surface area contributed by atoms with Crippen LogP contribution in [0.4, 0.5) is 20.6 Å². The van der Waals surface area contributed by atoms with Gasteiger partial charge in [0.05, 0.1) is 23.1 Å². The highest BCUT2D eigenvalue weighted by Crippen LogP contribution is 2.44. The highest BCUT2D eigenvalue weighted by Gasteiger charge is 2.28. The fourth-order valence-corrected chi connectivity index (χ4v) is 3.76. The van der Waals surface area contributed by atoms with E-state index in [1.165, 1.54) is 0 Å². The maximum absolute atomic E-state index is 13.5. The second kappa shape index (κ2) is 8.78. The minimum absolute atomic E-state index is 0.0222. The minimum atomic E-state index is -0.820. The topological polar surface area (TPSA) is 107 Å². The van der Waals surface area contributed by atoms with Gasteiger partial charge >= 0.3 is 6.09 Å². The molecule has 160 valence electrons. The van der Waals surface area contributed by atoms with E-state index in [1.54, 1.807) is 0 Å². The van der Waals surface area contributed by atoms with Gasteiger partial charge in [-0.15, -0.1) is 0 Å². The number of nitro groups is 1. The number of carbonyl (C=O) groups is 1. The number of anilines is 1. The third-order valence-electron chi connectivity index (χ3n) is 5.21. The van der Waals surface area contributed by atoms with Gasteiger partial charge in [0, 0.05) is 5.92 Å². The molecule has 0 aliphatic heterocycles. The van der Waals surface area contributed by atoms with Gasteiger partial charge in [0.2, 0.25) is 0 Å². The quantitative estimate of drug-likeness (QED) is 0.279. The lowest BCUT2D eigenvalue weighted by atomic mass is 9.98. The average Bonchev–Trinajstić information content (AvgIpc) is 3.11. The number of benzene rings is 3. The predicted molar refractivity (Wildman–Crippen MR) is 117 cm³/mol. The van der Waals surface area contributed by atoms with Gasteiger partial charge < -0.3 is 15.8 Å². The largest absolute Gasteiger partial charge is 0.449 e. The Morgan fingerprint density at radius 2 is 1.75 bits per heavy atom. The number of amides is 1. The van der Waals surface area contributed by atoms with Crippen molar-refractivity contribution in [1.29, 1.82) is 0 Å². The summed E-state index contributed by atoms with van der Waals surface area (Å²) < 4.78 is 18.9. The summed E-state index contributed by atoms with van der Waals surface area (Å²) in [5, 5.41) is 13.4. The first-order chi connectivity index (χ1) is 15.5. The van der Waals surface area contributed by atoms with Gasteiger partial charge in [-0.1, -0.05) is 60.4 Å². The molecular weight excluding hydrogens is 413 g/mol. The normalized spacial score (nSPS) is 11.7. The van der Waals surface area contributed by atoms with Crippen LogP contribution in [0.5, 0.6) is 0 Å². The van der Waals surface area contributed by atoms with Gasteiger partial charge in [-0.25, -0.2) is 9.18 Å². The number of fused-ring (bicyclic) bond motifs is 3. The van der Waals surface area contributed by atoms with E-state index in [9.17, 15) is 19.3 Å². The molecule has 0 spiro atoms. The van der Waals surface area contributed by atoms with Gasteiger partial charge in [0.1, 0.15) is 18.1 Å². The molecule has 0 saturated carbocycles. The average molecular weight is 431 g/mol. The van der Waals surface area contributed by atoms with Crippen LogP contribution < -0.4 is 11.1 Å². The zero-order chi connectivity index (χ0) is 22.7. The molecule has 32 heavy (non-hydrogen) atoms. The van der Waals surface area contributed by atoms with Crippen LogP contribution in [0.2, 0.25) is 0 Å². The number of carbonyl (C=O) groups excluding carboxylic acids is 1. The minimum Gasteiger partial charge on any atom is -0.449 e. The number of nitrogen functional groups attached to an aromatic ring is 1. The van der Waals surface area contributed by atoms with E-state index in [2.05, 4.69) is 17.2 Å². The number of rotatable bonds is 4. The molecule has 8 heteroatoms. The number of hydrogen-bond acceptors (Lipinski definition) is 5. The Bertz CT molecular complexity index is 1230. The Morgan fingerprint density at radius 3 is 2.38 bits per heavy atom. The molecule has 3 aromatic rings. The maximum Gasteiger partial charge on any atom is 0.407 e. The number of halogens is 1. The first kappa shape index (κ1) is 20.9. The molecule has 0 radical (unpaired) electrons. The Balaban J connectivity index is 1.37. The van der Waals surface area contributed by atoms with Gasteiger partial charge in [-0.2, -0.15) is 0 Å². The highest BCUT2D eigenvalue weighted by molar-refractivity contribution is 5.79. The van der Waals surface area contributed by atoms with Crippen molar-refractivity contribution in [3.8, 4) is 23.0 Å². The van der Waals surface area contributed by atoms with Gasteiger partial charge in [-0.05, 0) is 28.3 Å². The molecule has 0 aromatic heterocycles. The maximum atomic E-state index is 13.5. The van der Waals surface area contributed by atoms with Crippen LogP contribution in [-0.2, 0) is 4.74 Å². The Labute approximate surface area is 183 Å². The van der Waals surface area contributed by atoms with Crippen molar-refractivity contribution < 1.29 is 18.8 Å². The Hall–Kier alpha value is -4.38. The Morgan fingerprint density at radius 1 is 1.12 bits per heavy atom. The number of nitrogens with two attached hydrogens (primary N) is 1. The van der Waals surface area contributed by atoms with Crippen molar-refractivity contribution in [2.75, 3.05) is 18.9 Å². The van der Waals surface area contributed by atoms with Crippen molar-refractivity contribution in [2.24, 2.45) is 0 Å². The molecule has 3 N–H and O–H groups in total. The first-order valence-electron chi connectivity index (χ1n) is 9.77. The van der Waals surface area contributed by atoms with E-state index in [0.717, 1.165) is 34.4 Å². The van der Waals surface area contributed by atoms with Crippen molar-refractivity contribution in [3.63, 3.8) is 0 Å². The number of hydrogen-bond donors (Lipinski definition) is 2. The van der Waals surface area contributed by atoms with E-state index in [0.29, 0.717) is 0 Å². The lowest BCUT2D eigenvalue weighted by Gasteiger charge is -2.14. The lowest BCUT2D eigenvalue weighted by molar-refractivity contribution is -0.384. The summed E-state index contributed by atoms with van der Waals surface area (Å²) in [5.41, 5.74) is 9.32. The molecule has 0 saturated heterocycles. The van der Waals surface area contributed by atoms with Gasteiger partial charge in [0.15, 0.2) is 0 Å². The third kappa shape index (κ3) is 4.09. The molecule has 1 aliphatic carbocycles. The van der Waals surface area contributed by atoms with Crippen LogP contribution in [0, 0.1) is 27.8 Å². The molecule has 0 atom stereocenters.